The first-order valence-electron chi connectivity index (χ1n) is 5.59. The summed E-state index contributed by atoms with van der Waals surface area (Å²) < 4.78 is 10.6. The second-order valence-electron chi connectivity index (χ2n) is 4.13. The molecule has 0 saturated carbocycles. The molecule has 0 fully saturated rings. The molecule has 1 atom stereocenters. The first-order chi connectivity index (χ1) is 8.04. The molecule has 94 valence electrons. The molecule has 0 aliphatic carbocycles. The van der Waals surface area contributed by atoms with Crippen molar-refractivity contribution < 1.29 is 9.47 Å². The van der Waals surface area contributed by atoms with E-state index >= 15 is 0 Å². The van der Waals surface area contributed by atoms with E-state index in [1.165, 1.54) is 0 Å². The third-order valence-electron chi connectivity index (χ3n) is 2.58. The van der Waals surface area contributed by atoms with Crippen LogP contribution < -0.4 is 5.73 Å². The number of benzene rings is 1. The molecule has 3 N–H and O–H groups in total. The van der Waals surface area contributed by atoms with Crippen molar-refractivity contribution in [3.8, 4) is 0 Å². The van der Waals surface area contributed by atoms with Gasteiger partial charge in [0.15, 0.2) is 0 Å². The summed E-state index contributed by atoms with van der Waals surface area (Å²) in [4.78, 5) is 0. The molecule has 0 aliphatic rings. The number of hydrogen-bond donors (Lipinski definition) is 2. The number of rotatable bonds is 6. The van der Waals surface area contributed by atoms with Crippen LogP contribution in [0.25, 0.3) is 0 Å². The molecule has 0 radical (unpaired) electrons. The van der Waals surface area contributed by atoms with Gasteiger partial charge in [-0.15, -0.1) is 0 Å². The highest BCUT2D eigenvalue weighted by molar-refractivity contribution is 5.95. The molecular formula is C13H20N2O2. The summed E-state index contributed by atoms with van der Waals surface area (Å²) in [5.41, 5.74) is 8.37. The molecule has 4 nitrogen and oxygen atoms in total. The summed E-state index contributed by atoms with van der Waals surface area (Å²) >= 11 is 0. The van der Waals surface area contributed by atoms with E-state index in [9.17, 15) is 0 Å². The number of aryl methyl sites for hydroxylation is 1. The zero-order valence-electron chi connectivity index (χ0n) is 10.6. The Bertz CT molecular complexity index is 391. The maximum absolute atomic E-state index is 7.36. The van der Waals surface area contributed by atoms with Gasteiger partial charge in [0.05, 0.1) is 19.3 Å². The Morgan fingerprint density at radius 3 is 2.71 bits per heavy atom. The first kappa shape index (κ1) is 13.7. The van der Waals surface area contributed by atoms with Crippen LogP contribution >= 0.6 is 0 Å². The highest BCUT2D eigenvalue weighted by Gasteiger charge is 2.05. The number of ether oxygens (including phenoxy) is 2. The Kier molecular flexibility index (Phi) is 5.12. The van der Waals surface area contributed by atoms with Gasteiger partial charge in [-0.3, -0.25) is 5.41 Å². The first-order valence-corrected chi connectivity index (χ1v) is 5.59. The molecule has 0 spiro atoms. The summed E-state index contributed by atoms with van der Waals surface area (Å²) in [6.45, 7) is 5.11. The lowest BCUT2D eigenvalue weighted by Gasteiger charge is -2.13. The van der Waals surface area contributed by atoms with Gasteiger partial charge in [-0.25, -0.2) is 0 Å². The topological polar surface area (TPSA) is 68.3 Å². The van der Waals surface area contributed by atoms with Crippen molar-refractivity contribution in [1.82, 2.24) is 0 Å². The third kappa shape index (κ3) is 4.17. The molecule has 1 unspecified atom stereocenters. The van der Waals surface area contributed by atoms with Crippen molar-refractivity contribution >= 4 is 5.84 Å². The predicted molar refractivity (Wildman–Crippen MR) is 68.3 cm³/mol. The Morgan fingerprint density at radius 2 is 2.18 bits per heavy atom. The molecular weight excluding hydrogens is 216 g/mol. The summed E-state index contributed by atoms with van der Waals surface area (Å²) in [6.07, 6.45) is 0.0758. The van der Waals surface area contributed by atoms with Gasteiger partial charge < -0.3 is 15.2 Å². The SMILES string of the molecule is COCC(C)OCc1ccc(C(=N)N)cc1C. The van der Waals surface area contributed by atoms with Crippen molar-refractivity contribution in [2.24, 2.45) is 5.73 Å². The minimum Gasteiger partial charge on any atom is -0.384 e. The Labute approximate surface area is 102 Å². The highest BCUT2D eigenvalue weighted by Crippen LogP contribution is 2.13. The molecule has 17 heavy (non-hydrogen) atoms. The molecule has 1 aromatic rings. The monoisotopic (exact) mass is 236 g/mol. The van der Waals surface area contributed by atoms with E-state index in [1.807, 2.05) is 32.0 Å². The van der Waals surface area contributed by atoms with E-state index in [1.54, 1.807) is 7.11 Å². The Morgan fingerprint density at radius 1 is 1.47 bits per heavy atom. The lowest BCUT2D eigenvalue weighted by molar-refractivity contribution is -0.000296. The summed E-state index contributed by atoms with van der Waals surface area (Å²) in [7, 11) is 1.66. The second kappa shape index (κ2) is 6.37. The Hall–Kier alpha value is -1.39. The van der Waals surface area contributed by atoms with E-state index in [0.717, 1.165) is 16.7 Å². The normalized spacial score (nSPS) is 12.4. The largest absolute Gasteiger partial charge is 0.384 e. The summed E-state index contributed by atoms with van der Waals surface area (Å²) in [6, 6.07) is 5.70. The van der Waals surface area contributed by atoms with Crippen LogP contribution in [-0.2, 0) is 16.1 Å². The number of nitrogens with one attached hydrogen (secondary N) is 1. The average molecular weight is 236 g/mol. The zero-order valence-corrected chi connectivity index (χ0v) is 10.6. The van der Waals surface area contributed by atoms with E-state index in [4.69, 9.17) is 20.6 Å². The molecule has 1 rings (SSSR count). The van der Waals surface area contributed by atoms with Crippen molar-refractivity contribution in [3.05, 3.63) is 34.9 Å². The smallest absolute Gasteiger partial charge is 0.122 e. The van der Waals surface area contributed by atoms with Crippen molar-refractivity contribution in [2.45, 2.75) is 26.6 Å². The fourth-order valence-electron chi connectivity index (χ4n) is 1.54. The minimum absolute atomic E-state index is 0.0758. The average Bonchev–Trinajstić information content (AvgIpc) is 2.27. The molecule has 0 heterocycles. The quantitative estimate of drug-likeness (QED) is 0.585. The maximum Gasteiger partial charge on any atom is 0.122 e. The number of methoxy groups -OCH3 is 1. The third-order valence-corrected chi connectivity index (χ3v) is 2.58. The zero-order chi connectivity index (χ0) is 12.8. The molecule has 4 heteroatoms. The highest BCUT2D eigenvalue weighted by atomic mass is 16.5. The fraction of sp³-hybridized carbons (Fsp3) is 0.462. The summed E-state index contributed by atoms with van der Waals surface area (Å²) in [5, 5.41) is 7.36. The lowest BCUT2D eigenvalue weighted by atomic mass is 10.1. The van der Waals surface area contributed by atoms with Gasteiger partial charge in [0.25, 0.3) is 0 Å². The predicted octanol–water partition coefficient (Wildman–Crippen LogP) is 1.83. The molecule has 1 aromatic carbocycles. The number of amidine groups is 1. The second-order valence-corrected chi connectivity index (χ2v) is 4.13. The van der Waals surface area contributed by atoms with Crippen LogP contribution in [0.2, 0.25) is 0 Å². The van der Waals surface area contributed by atoms with Gasteiger partial charge >= 0.3 is 0 Å². The van der Waals surface area contributed by atoms with Gasteiger partial charge in [0.2, 0.25) is 0 Å². The molecule has 0 bridgehead atoms. The van der Waals surface area contributed by atoms with Gasteiger partial charge in [0.1, 0.15) is 5.84 Å². The Balaban J connectivity index is 2.63. The van der Waals surface area contributed by atoms with E-state index < -0.39 is 0 Å². The number of nitrogen functional groups attached to an aromatic ring is 1. The molecule has 0 amide bonds. The minimum atomic E-state index is 0.0758. The van der Waals surface area contributed by atoms with Gasteiger partial charge in [-0.1, -0.05) is 12.1 Å². The van der Waals surface area contributed by atoms with Gasteiger partial charge in [-0.05, 0) is 31.0 Å². The van der Waals surface area contributed by atoms with Crippen molar-refractivity contribution in [3.63, 3.8) is 0 Å². The van der Waals surface area contributed by atoms with E-state index in [2.05, 4.69) is 0 Å². The van der Waals surface area contributed by atoms with E-state index in [-0.39, 0.29) is 11.9 Å². The van der Waals surface area contributed by atoms with E-state index in [0.29, 0.717) is 13.2 Å². The van der Waals surface area contributed by atoms with Gasteiger partial charge in [-0.2, -0.15) is 0 Å². The van der Waals surface area contributed by atoms with Crippen LogP contribution in [0.5, 0.6) is 0 Å². The molecule has 0 saturated heterocycles. The van der Waals surface area contributed by atoms with Crippen molar-refractivity contribution in [2.75, 3.05) is 13.7 Å². The maximum atomic E-state index is 7.36. The van der Waals surface area contributed by atoms with Crippen LogP contribution in [0.15, 0.2) is 18.2 Å². The van der Waals surface area contributed by atoms with Gasteiger partial charge in [0, 0.05) is 12.7 Å². The lowest BCUT2D eigenvalue weighted by Crippen LogP contribution is -2.15. The van der Waals surface area contributed by atoms with Crippen molar-refractivity contribution in [1.29, 1.82) is 5.41 Å². The van der Waals surface area contributed by atoms with Crippen LogP contribution in [-0.4, -0.2) is 25.7 Å². The van der Waals surface area contributed by atoms with Crippen LogP contribution in [0.4, 0.5) is 0 Å². The fourth-order valence-corrected chi connectivity index (χ4v) is 1.54. The standard InChI is InChI=1S/C13H20N2O2/c1-9-6-11(13(14)15)4-5-12(9)8-17-10(2)7-16-3/h4-6,10H,7-8H2,1-3H3,(H3,14,15). The molecule has 0 aromatic heterocycles. The number of nitrogens with two attached hydrogens (primary N) is 1. The van der Waals surface area contributed by atoms with Crippen LogP contribution in [0, 0.1) is 12.3 Å². The van der Waals surface area contributed by atoms with Crippen LogP contribution in [0.1, 0.15) is 23.6 Å². The number of hydrogen-bond acceptors (Lipinski definition) is 3. The summed E-state index contributed by atoms with van der Waals surface area (Å²) in [5.74, 6) is 0.0910. The van der Waals surface area contributed by atoms with Crippen LogP contribution in [0.3, 0.4) is 0 Å². The molecule has 0 aliphatic heterocycles.